The van der Waals surface area contributed by atoms with Gasteiger partial charge in [0.05, 0.1) is 6.61 Å². The third-order valence-electron chi connectivity index (χ3n) is 1.65. The molecule has 0 heterocycles. The Kier molecular flexibility index (Phi) is 5.90. The minimum atomic E-state index is 0.0308. The maximum atomic E-state index is 8.76. The van der Waals surface area contributed by atoms with E-state index in [2.05, 4.69) is 6.58 Å². The molecule has 0 aliphatic carbocycles. The number of aliphatic hydroxyl groups is 1. The lowest BCUT2D eigenvalue weighted by Crippen LogP contribution is -1.87. The molecule has 1 aromatic carbocycles. The lowest BCUT2D eigenvalue weighted by molar-refractivity contribution is 0.350. The van der Waals surface area contributed by atoms with Gasteiger partial charge < -0.3 is 5.11 Å². The minimum absolute atomic E-state index is 0.0308. The fourth-order valence-electron chi connectivity index (χ4n) is 0.881. The molecule has 0 aliphatic rings. The first-order valence-electron chi connectivity index (χ1n) is 4.59. The molecule has 0 spiro atoms. The molecular weight excluding hydrogens is 160 g/mol. The first kappa shape index (κ1) is 11.9. The zero-order valence-corrected chi connectivity index (χ0v) is 8.67. The van der Waals surface area contributed by atoms with E-state index >= 15 is 0 Å². The summed E-state index contributed by atoms with van der Waals surface area (Å²) in [4.78, 5) is 0. The quantitative estimate of drug-likeness (QED) is 0.738. The Hall–Kier alpha value is -1.08. The Morgan fingerprint density at radius 3 is 2.08 bits per heavy atom. The molecular formula is C12H18O. The van der Waals surface area contributed by atoms with Crippen molar-refractivity contribution in [2.45, 2.75) is 20.8 Å². The zero-order chi connectivity index (χ0) is 10.3. The molecule has 1 rings (SSSR count). The second kappa shape index (κ2) is 6.44. The summed E-state index contributed by atoms with van der Waals surface area (Å²) in [6, 6.07) is 7.95. The van der Waals surface area contributed by atoms with Crippen LogP contribution in [0.25, 0.3) is 5.57 Å². The number of aliphatic hydroxyl groups excluding tert-OH is 1. The van der Waals surface area contributed by atoms with Crippen LogP contribution in [0.2, 0.25) is 0 Å². The second-order valence-corrected chi connectivity index (χ2v) is 2.63. The average Bonchev–Trinajstić information content (AvgIpc) is 2.21. The minimum Gasteiger partial charge on any atom is -0.392 e. The molecule has 0 saturated carbocycles. The highest BCUT2D eigenvalue weighted by atomic mass is 16.3. The van der Waals surface area contributed by atoms with Crippen molar-refractivity contribution >= 4 is 5.57 Å². The third-order valence-corrected chi connectivity index (χ3v) is 1.65. The standard InChI is InChI=1S/C10H12O.C2H6/c1-8-3-5-10(6-4-8)9(2)7-11;1-2/h3-6,11H,2,7H2,1H3;1-2H3. The van der Waals surface area contributed by atoms with Crippen molar-refractivity contribution in [3.8, 4) is 0 Å². The molecule has 0 amide bonds. The summed E-state index contributed by atoms with van der Waals surface area (Å²) in [5.74, 6) is 0. The van der Waals surface area contributed by atoms with Crippen molar-refractivity contribution in [1.29, 1.82) is 0 Å². The molecule has 1 heteroatoms. The van der Waals surface area contributed by atoms with Crippen LogP contribution in [-0.4, -0.2) is 11.7 Å². The van der Waals surface area contributed by atoms with Crippen LogP contribution in [0.4, 0.5) is 0 Å². The van der Waals surface area contributed by atoms with Crippen LogP contribution in [0.5, 0.6) is 0 Å². The molecule has 72 valence electrons. The van der Waals surface area contributed by atoms with E-state index in [9.17, 15) is 0 Å². The van der Waals surface area contributed by atoms with Gasteiger partial charge in [0.2, 0.25) is 0 Å². The van der Waals surface area contributed by atoms with Crippen LogP contribution in [-0.2, 0) is 0 Å². The van der Waals surface area contributed by atoms with E-state index < -0.39 is 0 Å². The van der Waals surface area contributed by atoms with E-state index in [0.717, 1.165) is 11.1 Å². The van der Waals surface area contributed by atoms with Crippen molar-refractivity contribution in [2.75, 3.05) is 6.61 Å². The smallest absolute Gasteiger partial charge is 0.0681 e. The number of rotatable bonds is 2. The average molecular weight is 178 g/mol. The highest BCUT2D eigenvalue weighted by Crippen LogP contribution is 2.11. The van der Waals surface area contributed by atoms with Crippen LogP contribution >= 0.6 is 0 Å². The maximum Gasteiger partial charge on any atom is 0.0681 e. The van der Waals surface area contributed by atoms with E-state index in [0.29, 0.717) is 0 Å². The monoisotopic (exact) mass is 178 g/mol. The summed E-state index contributed by atoms with van der Waals surface area (Å²) in [6.07, 6.45) is 0. The van der Waals surface area contributed by atoms with Gasteiger partial charge in [0.25, 0.3) is 0 Å². The molecule has 0 bridgehead atoms. The number of benzene rings is 1. The first-order valence-corrected chi connectivity index (χ1v) is 4.59. The van der Waals surface area contributed by atoms with Crippen LogP contribution in [0.1, 0.15) is 25.0 Å². The van der Waals surface area contributed by atoms with Crippen LogP contribution in [0.15, 0.2) is 30.8 Å². The van der Waals surface area contributed by atoms with Crippen LogP contribution < -0.4 is 0 Å². The molecule has 1 nitrogen and oxygen atoms in total. The topological polar surface area (TPSA) is 20.2 Å². The summed E-state index contributed by atoms with van der Waals surface area (Å²) in [5, 5.41) is 8.76. The van der Waals surface area contributed by atoms with E-state index in [1.54, 1.807) is 0 Å². The summed E-state index contributed by atoms with van der Waals surface area (Å²) >= 11 is 0. The Balaban J connectivity index is 0.000000671. The number of hydrogen-bond donors (Lipinski definition) is 1. The van der Waals surface area contributed by atoms with Gasteiger partial charge in [0, 0.05) is 0 Å². The van der Waals surface area contributed by atoms with Crippen LogP contribution in [0, 0.1) is 6.92 Å². The Morgan fingerprint density at radius 1 is 1.23 bits per heavy atom. The molecule has 0 saturated heterocycles. The van der Waals surface area contributed by atoms with E-state index in [1.165, 1.54) is 5.56 Å². The van der Waals surface area contributed by atoms with Crippen molar-refractivity contribution < 1.29 is 5.11 Å². The van der Waals surface area contributed by atoms with Gasteiger partial charge in [-0.1, -0.05) is 50.3 Å². The van der Waals surface area contributed by atoms with Gasteiger partial charge in [0.15, 0.2) is 0 Å². The van der Waals surface area contributed by atoms with E-state index in [-0.39, 0.29) is 6.61 Å². The summed E-state index contributed by atoms with van der Waals surface area (Å²) in [6.45, 7) is 9.79. The Morgan fingerprint density at radius 2 is 1.69 bits per heavy atom. The van der Waals surface area contributed by atoms with Gasteiger partial charge in [-0.2, -0.15) is 0 Å². The molecule has 1 aromatic rings. The summed E-state index contributed by atoms with van der Waals surface area (Å²) < 4.78 is 0. The lowest BCUT2D eigenvalue weighted by atomic mass is 10.1. The predicted octanol–water partition coefficient (Wildman–Crippen LogP) is 3.03. The van der Waals surface area contributed by atoms with Gasteiger partial charge in [-0.15, -0.1) is 0 Å². The first-order chi connectivity index (χ1) is 6.24. The Labute approximate surface area is 80.7 Å². The van der Waals surface area contributed by atoms with Gasteiger partial charge >= 0.3 is 0 Å². The maximum absolute atomic E-state index is 8.76. The SMILES string of the molecule is C=C(CO)c1ccc(C)cc1.CC. The third kappa shape index (κ3) is 3.90. The van der Waals surface area contributed by atoms with Crippen molar-refractivity contribution in [3.63, 3.8) is 0 Å². The van der Waals surface area contributed by atoms with Crippen molar-refractivity contribution in [2.24, 2.45) is 0 Å². The highest BCUT2D eigenvalue weighted by Gasteiger charge is 1.94. The molecule has 0 unspecified atom stereocenters. The van der Waals surface area contributed by atoms with E-state index in [4.69, 9.17) is 5.11 Å². The number of aryl methyl sites for hydroxylation is 1. The largest absolute Gasteiger partial charge is 0.392 e. The molecule has 0 aromatic heterocycles. The van der Waals surface area contributed by atoms with Gasteiger partial charge in [-0.3, -0.25) is 0 Å². The van der Waals surface area contributed by atoms with Crippen molar-refractivity contribution in [3.05, 3.63) is 42.0 Å². The van der Waals surface area contributed by atoms with Gasteiger partial charge in [-0.25, -0.2) is 0 Å². The summed E-state index contributed by atoms with van der Waals surface area (Å²) in [5.41, 5.74) is 3.00. The molecule has 0 aliphatic heterocycles. The lowest BCUT2D eigenvalue weighted by Gasteiger charge is -2.01. The fourth-order valence-corrected chi connectivity index (χ4v) is 0.881. The molecule has 0 atom stereocenters. The predicted molar refractivity (Wildman–Crippen MR) is 58.6 cm³/mol. The van der Waals surface area contributed by atoms with E-state index in [1.807, 2.05) is 45.0 Å². The zero-order valence-electron chi connectivity index (χ0n) is 8.67. The normalized spacial score (nSPS) is 8.62. The highest BCUT2D eigenvalue weighted by molar-refractivity contribution is 5.63. The second-order valence-electron chi connectivity index (χ2n) is 2.63. The van der Waals surface area contributed by atoms with Gasteiger partial charge in [0.1, 0.15) is 0 Å². The molecule has 0 radical (unpaired) electrons. The van der Waals surface area contributed by atoms with Gasteiger partial charge in [-0.05, 0) is 18.1 Å². The number of hydrogen-bond acceptors (Lipinski definition) is 1. The Bertz CT molecular complexity index is 246. The summed E-state index contributed by atoms with van der Waals surface area (Å²) in [7, 11) is 0. The van der Waals surface area contributed by atoms with Crippen molar-refractivity contribution in [1.82, 2.24) is 0 Å². The molecule has 0 fully saturated rings. The molecule has 1 N–H and O–H groups in total. The fraction of sp³-hybridized carbons (Fsp3) is 0.333. The molecule has 13 heavy (non-hydrogen) atoms. The van der Waals surface area contributed by atoms with Crippen LogP contribution in [0.3, 0.4) is 0 Å².